The summed E-state index contributed by atoms with van der Waals surface area (Å²) in [5.74, 6) is 0.797. The highest BCUT2D eigenvalue weighted by molar-refractivity contribution is 9.10. The Morgan fingerprint density at radius 2 is 2.00 bits per heavy atom. The zero-order chi connectivity index (χ0) is 13.1. The molecule has 3 heteroatoms. The predicted molar refractivity (Wildman–Crippen MR) is 86.6 cm³/mol. The van der Waals surface area contributed by atoms with Crippen molar-refractivity contribution < 1.29 is 0 Å². The van der Waals surface area contributed by atoms with E-state index in [1.165, 1.54) is 36.9 Å². The predicted octanol–water partition coefficient (Wildman–Crippen LogP) is 5.36. The SMILES string of the molecule is CC1CCCCC1N(C)c1cc(Br)ccc1CBr. The Balaban J connectivity index is 2.26. The van der Waals surface area contributed by atoms with E-state index in [2.05, 4.69) is 68.9 Å². The molecule has 1 saturated carbocycles. The quantitative estimate of drug-likeness (QED) is 0.643. The zero-order valence-corrected chi connectivity index (χ0v) is 14.3. The third kappa shape index (κ3) is 3.11. The maximum atomic E-state index is 3.60. The second-order valence-corrected chi connectivity index (χ2v) is 6.82. The molecule has 0 N–H and O–H groups in total. The van der Waals surface area contributed by atoms with Crippen molar-refractivity contribution in [3.05, 3.63) is 28.2 Å². The molecule has 0 heterocycles. The monoisotopic (exact) mass is 373 g/mol. The van der Waals surface area contributed by atoms with Crippen LogP contribution in [-0.4, -0.2) is 13.1 Å². The molecule has 1 aliphatic carbocycles. The van der Waals surface area contributed by atoms with Gasteiger partial charge >= 0.3 is 0 Å². The van der Waals surface area contributed by atoms with Crippen molar-refractivity contribution in [1.82, 2.24) is 0 Å². The molecule has 1 aliphatic rings. The van der Waals surface area contributed by atoms with Gasteiger partial charge in [0.2, 0.25) is 0 Å². The summed E-state index contributed by atoms with van der Waals surface area (Å²) in [4.78, 5) is 2.49. The molecule has 1 nitrogen and oxygen atoms in total. The highest BCUT2D eigenvalue weighted by atomic mass is 79.9. The lowest BCUT2D eigenvalue weighted by Crippen LogP contribution is -2.39. The van der Waals surface area contributed by atoms with Gasteiger partial charge in [-0.15, -0.1) is 0 Å². The van der Waals surface area contributed by atoms with Crippen molar-refractivity contribution in [2.75, 3.05) is 11.9 Å². The maximum absolute atomic E-state index is 3.60. The summed E-state index contributed by atoms with van der Waals surface area (Å²) in [7, 11) is 2.25. The molecule has 0 bridgehead atoms. The highest BCUT2D eigenvalue weighted by Gasteiger charge is 2.26. The van der Waals surface area contributed by atoms with Crippen LogP contribution in [0.4, 0.5) is 5.69 Å². The van der Waals surface area contributed by atoms with Crippen LogP contribution in [0.15, 0.2) is 22.7 Å². The molecule has 18 heavy (non-hydrogen) atoms. The van der Waals surface area contributed by atoms with Crippen molar-refractivity contribution >= 4 is 37.5 Å². The van der Waals surface area contributed by atoms with Gasteiger partial charge in [-0.2, -0.15) is 0 Å². The van der Waals surface area contributed by atoms with Gasteiger partial charge in [0.15, 0.2) is 0 Å². The molecule has 2 unspecified atom stereocenters. The number of anilines is 1. The summed E-state index contributed by atoms with van der Waals surface area (Å²) in [5, 5.41) is 0.918. The molecule has 0 amide bonds. The van der Waals surface area contributed by atoms with Gasteiger partial charge in [-0.25, -0.2) is 0 Å². The van der Waals surface area contributed by atoms with E-state index >= 15 is 0 Å². The van der Waals surface area contributed by atoms with Gasteiger partial charge in [0.1, 0.15) is 0 Å². The van der Waals surface area contributed by atoms with Crippen LogP contribution in [0.1, 0.15) is 38.2 Å². The number of hydrogen-bond donors (Lipinski definition) is 0. The van der Waals surface area contributed by atoms with E-state index in [0.29, 0.717) is 6.04 Å². The molecular formula is C15H21Br2N. The van der Waals surface area contributed by atoms with E-state index in [9.17, 15) is 0 Å². The summed E-state index contributed by atoms with van der Waals surface area (Å²) in [6.45, 7) is 2.39. The summed E-state index contributed by atoms with van der Waals surface area (Å²) < 4.78 is 1.16. The van der Waals surface area contributed by atoms with Crippen molar-refractivity contribution in [2.24, 2.45) is 5.92 Å². The van der Waals surface area contributed by atoms with Gasteiger partial charge in [0.25, 0.3) is 0 Å². The van der Waals surface area contributed by atoms with Crippen LogP contribution in [0.5, 0.6) is 0 Å². The first kappa shape index (κ1) is 14.4. The second-order valence-electron chi connectivity index (χ2n) is 5.35. The van der Waals surface area contributed by atoms with Crippen molar-refractivity contribution in [2.45, 2.75) is 44.0 Å². The van der Waals surface area contributed by atoms with E-state index in [0.717, 1.165) is 15.7 Å². The Bertz CT molecular complexity index is 405. The molecule has 2 rings (SSSR count). The number of nitrogens with zero attached hydrogens (tertiary/aromatic N) is 1. The van der Waals surface area contributed by atoms with Gasteiger partial charge in [-0.05, 0) is 36.5 Å². The Morgan fingerprint density at radius 1 is 1.28 bits per heavy atom. The van der Waals surface area contributed by atoms with E-state index in [1.54, 1.807) is 0 Å². The van der Waals surface area contributed by atoms with Gasteiger partial charge in [-0.3, -0.25) is 0 Å². The fourth-order valence-electron chi connectivity index (χ4n) is 3.03. The molecule has 1 aromatic rings. The Labute approximate surface area is 127 Å². The Hall–Kier alpha value is -0.0200. The number of benzene rings is 1. The lowest BCUT2D eigenvalue weighted by molar-refractivity contribution is 0.321. The van der Waals surface area contributed by atoms with E-state index in [1.807, 2.05) is 0 Å². The molecule has 0 spiro atoms. The topological polar surface area (TPSA) is 3.24 Å². The summed E-state index contributed by atoms with van der Waals surface area (Å²) >= 11 is 7.19. The third-order valence-corrected chi connectivity index (χ3v) is 5.23. The molecule has 0 aromatic heterocycles. The largest absolute Gasteiger partial charge is 0.371 e. The van der Waals surface area contributed by atoms with Gasteiger partial charge in [0, 0.05) is 28.6 Å². The van der Waals surface area contributed by atoms with Crippen LogP contribution in [0.3, 0.4) is 0 Å². The first-order valence-electron chi connectivity index (χ1n) is 6.70. The first-order valence-corrected chi connectivity index (χ1v) is 8.62. The van der Waals surface area contributed by atoms with E-state index in [-0.39, 0.29) is 0 Å². The van der Waals surface area contributed by atoms with Crippen LogP contribution in [0.25, 0.3) is 0 Å². The summed E-state index contributed by atoms with van der Waals surface area (Å²) in [6, 6.07) is 7.26. The average molecular weight is 375 g/mol. The minimum absolute atomic E-state index is 0.686. The fourth-order valence-corrected chi connectivity index (χ4v) is 3.85. The smallest absolute Gasteiger partial charge is 0.0418 e. The molecule has 1 fully saturated rings. The van der Waals surface area contributed by atoms with Crippen molar-refractivity contribution in [3.8, 4) is 0 Å². The van der Waals surface area contributed by atoms with E-state index in [4.69, 9.17) is 0 Å². The van der Waals surface area contributed by atoms with Crippen molar-refractivity contribution in [1.29, 1.82) is 0 Å². The number of hydrogen-bond acceptors (Lipinski definition) is 1. The molecular weight excluding hydrogens is 354 g/mol. The van der Waals surface area contributed by atoms with Crippen LogP contribution in [-0.2, 0) is 5.33 Å². The van der Waals surface area contributed by atoms with Crippen LogP contribution < -0.4 is 4.90 Å². The zero-order valence-electron chi connectivity index (χ0n) is 11.1. The average Bonchev–Trinajstić information content (AvgIpc) is 2.38. The number of halogens is 2. The Morgan fingerprint density at radius 3 is 2.67 bits per heavy atom. The molecule has 1 aromatic carbocycles. The highest BCUT2D eigenvalue weighted by Crippen LogP contribution is 2.34. The second kappa shape index (κ2) is 6.42. The standard InChI is InChI=1S/C15H21Br2N/c1-11-5-3-4-6-14(11)18(2)15-9-13(17)8-7-12(15)10-16/h7-9,11,14H,3-6,10H2,1-2H3. The minimum atomic E-state index is 0.686. The lowest BCUT2D eigenvalue weighted by Gasteiger charge is -2.38. The number of alkyl halides is 1. The van der Waals surface area contributed by atoms with Crippen LogP contribution in [0.2, 0.25) is 0 Å². The van der Waals surface area contributed by atoms with Crippen LogP contribution >= 0.6 is 31.9 Å². The van der Waals surface area contributed by atoms with Crippen LogP contribution in [0, 0.1) is 5.92 Å². The van der Waals surface area contributed by atoms with Gasteiger partial charge in [0.05, 0.1) is 0 Å². The van der Waals surface area contributed by atoms with Gasteiger partial charge < -0.3 is 4.90 Å². The maximum Gasteiger partial charge on any atom is 0.0418 e. The number of rotatable bonds is 3. The molecule has 0 aliphatic heterocycles. The third-order valence-electron chi connectivity index (χ3n) is 4.13. The van der Waals surface area contributed by atoms with Gasteiger partial charge in [-0.1, -0.05) is 57.7 Å². The van der Waals surface area contributed by atoms with E-state index < -0.39 is 0 Å². The normalized spacial score (nSPS) is 24.0. The molecule has 0 radical (unpaired) electrons. The lowest BCUT2D eigenvalue weighted by atomic mass is 9.85. The minimum Gasteiger partial charge on any atom is -0.371 e. The summed E-state index contributed by atoms with van der Waals surface area (Å²) in [6.07, 6.45) is 5.46. The summed E-state index contributed by atoms with van der Waals surface area (Å²) in [5.41, 5.74) is 2.73. The molecule has 2 atom stereocenters. The Kier molecular flexibility index (Phi) is 5.14. The first-order chi connectivity index (χ1) is 8.63. The van der Waals surface area contributed by atoms with Crippen molar-refractivity contribution in [3.63, 3.8) is 0 Å². The molecule has 0 saturated heterocycles. The molecule has 100 valence electrons. The fraction of sp³-hybridized carbons (Fsp3) is 0.600.